The number of anilines is 1. The van der Waals surface area contributed by atoms with E-state index < -0.39 is 0 Å². The number of benzene rings is 1. The van der Waals surface area contributed by atoms with Crippen LogP contribution < -0.4 is 5.73 Å². The van der Waals surface area contributed by atoms with Crippen LogP contribution in [0.5, 0.6) is 0 Å². The van der Waals surface area contributed by atoms with Crippen molar-refractivity contribution in [3.05, 3.63) is 30.1 Å². The lowest BCUT2D eigenvalue weighted by Gasteiger charge is -2.02. The Kier molecular flexibility index (Phi) is 2.81. The Morgan fingerprint density at radius 2 is 2.13 bits per heavy atom. The van der Waals surface area contributed by atoms with Gasteiger partial charge in [0.1, 0.15) is 0 Å². The number of aryl methyl sites for hydroxylation is 1. The fourth-order valence-electron chi connectivity index (χ4n) is 1.55. The summed E-state index contributed by atoms with van der Waals surface area (Å²) in [5.74, 6) is 0. The second-order valence-corrected chi connectivity index (χ2v) is 3.71. The number of rotatable bonds is 3. The first-order valence-corrected chi connectivity index (χ1v) is 5.31. The number of aromatic nitrogens is 2. The summed E-state index contributed by atoms with van der Waals surface area (Å²) in [7, 11) is 0. The maximum Gasteiger partial charge on any atom is 0.0910 e. The highest BCUT2D eigenvalue weighted by atomic mass is 14.8. The summed E-state index contributed by atoms with van der Waals surface area (Å²) in [6, 6.07) is 5.63. The van der Waals surface area contributed by atoms with Gasteiger partial charge in [0.15, 0.2) is 0 Å². The highest BCUT2D eigenvalue weighted by Crippen LogP contribution is 2.14. The van der Waals surface area contributed by atoms with Gasteiger partial charge in [-0.25, -0.2) is 4.98 Å². The molecule has 0 fully saturated rings. The zero-order valence-corrected chi connectivity index (χ0v) is 8.90. The van der Waals surface area contributed by atoms with E-state index in [1.807, 2.05) is 24.4 Å². The second kappa shape index (κ2) is 4.26. The molecular formula is C12H15N3. The minimum Gasteiger partial charge on any atom is -0.399 e. The van der Waals surface area contributed by atoms with Gasteiger partial charge in [-0.1, -0.05) is 13.3 Å². The molecule has 0 aliphatic heterocycles. The highest BCUT2D eigenvalue weighted by molar-refractivity contribution is 5.77. The number of nitrogen functional groups attached to an aromatic ring is 1. The minimum absolute atomic E-state index is 0.740. The molecule has 3 nitrogen and oxygen atoms in total. The van der Waals surface area contributed by atoms with Gasteiger partial charge in [-0.2, -0.15) is 0 Å². The number of hydrogen-bond acceptors (Lipinski definition) is 3. The molecule has 0 amide bonds. The normalized spacial score (nSPS) is 10.7. The summed E-state index contributed by atoms with van der Waals surface area (Å²) in [6.07, 6.45) is 5.18. The predicted octanol–water partition coefficient (Wildman–Crippen LogP) is 2.55. The van der Waals surface area contributed by atoms with E-state index in [1.54, 1.807) is 0 Å². The van der Waals surface area contributed by atoms with Crippen molar-refractivity contribution < 1.29 is 0 Å². The molecule has 2 rings (SSSR count). The van der Waals surface area contributed by atoms with E-state index in [0.29, 0.717) is 0 Å². The van der Waals surface area contributed by atoms with Crippen LogP contribution in [0.25, 0.3) is 11.0 Å². The third-order valence-electron chi connectivity index (χ3n) is 2.40. The Bertz CT molecular complexity index is 465. The monoisotopic (exact) mass is 201 g/mol. The van der Waals surface area contributed by atoms with Crippen molar-refractivity contribution in [2.45, 2.75) is 26.2 Å². The van der Waals surface area contributed by atoms with Crippen molar-refractivity contribution in [2.24, 2.45) is 0 Å². The molecule has 0 unspecified atom stereocenters. The molecule has 0 aliphatic rings. The fraction of sp³-hybridized carbons (Fsp3) is 0.333. The van der Waals surface area contributed by atoms with Crippen LogP contribution in [0.4, 0.5) is 5.69 Å². The fourth-order valence-corrected chi connectivity index (χ4v) is 1.55. The lowest BCUT2D eigenvalue weighted by Crippen LogP contribution is -1.94. The van der Waals surface area contributed by atoms with E-state index in [9.17, 15) is 0 Å². The quantitative estimate of drug-likeness (QED) is 0.776. The number of nitrogens with zero attached hydrogens (tertiary/aromatic N) is 2. The van der Waals surface area contributed by atoms with Gasteiger partial charge < -0.3 is 5.73 Å². The SMILES string of the molecule is CCCCc1cnc2ccc(N)cc2n1. The molecule has 0 saturated heterocycles. The van der Waals surface area contributed by atoms with Crippen LogP contribution in [0.2, 0.25) is 0 Å². The number of nitrogens with two attached hydrogens (primary N) is 1. The van der Waals surface area contributed by atoms with Crippen molar-refractivity contribution in [3.63, 3.8) is 0 Å². The average Bonchev–Trinajstić information content (AvgIpc) is 2.25. The minimum atomic E-state index is 0.740. The third kappa shape index (κ3) is 2.24. The molecule has 15 heavy (non-hydrogen) atoms. The Labute approximate surface area is 89.4 Å². The number of hydrogen-bond donors (Lipinski definition) is 1. The Morgan fingerprint density at radius 3 is 2.93 bits per heavy atom. The van der Waals surface area contributed by atoms with E-state index in [-0.39, 0.29) is 0 Å². The van der Waals surface area contributed by atoms with Crippen LogP contribution in [-0.4, -0.2) is 9.97 Å². The molecule has 2 aromatic rings. The molecule has 0 bridgehead atoms. The maximum atomic E-state index is 5.71. The van der Waals surface area contributed by atoms with Gasteiger partial charge in [0.05, 0.1) is 16.7 Å². The molecular weight excluding hydrogens is 186 g/mol. The summed E-state index contributed by atoms with van der Waals surface area (Å²) in [6.45, 7) is 2.17. The first-order valence-electron chi connectivity index (χ1n) is 5.31. The maximum absolute atomic E-state index is 5.71. The van der Waals surface area contributed by atoms with Crippen LogP contribution in [0.3, 0.4) is 0 Å². The molecule has 1 heterocycles. The summed E-state index contributed by atoms with van der Waals surface area (Å²) in [4.78, 5) is 8.89. The van der Waals surface area contributed by atoms with Gasteiger partial charge >= 0.3 is 0 Å². The van der Waals surface area contributed by atoms with Crippen molar-refractivity contribution >= 4 is 16.7 Å². The van der Waals surface area contributed by atoms with Gasteiger partial charge in [-0.05, 0) is 31.0 Å². The van der Waals surface area contributed by atoms with Gasteiger partial charge in [0.25, 0.3) is 0 Å². The summed E-state index contributed by atoms with van der Waals surface area (Å²) >= 11 is 0. The topological polar surface area (TPSA) is 51.8 Å². The molecule has 3 heteroatoms. The highest BCUT2D eigenvalue weighted by Gasteiger charge is 1.99. The molecule has 1 aromatic heterocycles. The molecule has 78 valence electrons. The molecule has 0 aliphatic carbocycles. The lowest BCUT2D eigenvalue weighted by atomic mass is 10.2. The number of unbranched alkanes of at least 4 members (excludes halogenated alkanes) is 1. The van der Waals surface area contributed by atoms with E-state index in [2.05, 4.69) is 16.9 Å². The molecule has 1 aromatic carbocycles. The average molecular weight is 201 g/mol. The molecule has 0 spiro atoms. The summed E-state index contributed by atoms with van der Waals surface area (Å²) in [5, 5.41) is 0. The third-order valence-corrected chi connectivity index (χ3v) is 2.40. The Balaban J connectivity index is 2.36. The standard InChI is InChI=1S/C12H15N3/c1-2-3-4-10-8-14-11-6-5-9(13)7-12(11)15-10/h5-8H,2-4,13H2,1H3. The molecule has 2 N–H and O–H groups in total. The van der Waals surface area contributed by atoms with E-state index in [0.717, 1.165) is 35.3 Å². The smallest absolute Gasteiger partial charge is 0.0910 e. The van der Waals surface area contributed by atoms with Crippen LogP contribution in [0.15, 0.2) is 24.4 Å². The first-order chi connectivity index (χ1) is 7.29. The molecule has 0 saturated carbocycles. The van der Waals surface area contributed by atoms with Gasteiger partial charge in [0.2, 0.25) is 0 Å². The Hall–Kier alpha value is -1.64. The molecule has 0 atom stereocenters. The molecule has 0 radical (unpaired) electrons. The Morgan fingerprint density at radius 1 is 1.27 bits per heavy atom. The van der Waals surface area contributed by atoms with Crippen LogP contribution >= 0.6 is 0 Å². The van der Waals surface area contributed by atoms with Crippen molar-refractivity contribution in [1.82, 2.24) is 9.97 Å². The van der Waals surface area contributed by atoms with Gasteiger partial charge in [-0.15, -0.1) is 0 Å². The number of fused-ring (bicyclic) bond motifs is 1. The first kappa shape index (κ1) is 9.90. The van der Waals surface area contributed by atoms with Crippen LogP contribution in [-0.2, 0) is 6.42 Å². The predicted molar refractivity (Wildman–Crippen MR) is 62.6 cm³/mol. The zero-order valence-electron chi connectivity index (χ0n) is 8.90. The largest absolute Gasteiger partial charge is 0.399 e. The van der Waals surface area contributed by atoms with Crippen molar-refractivity contribution in [1.29, 1.82) is 0 Å². The van der Waals surface area contributed by atoms with Crippen LogP contribution in [0, 0.1) is 0 Å². The summed E-state index contributed by atoms with van der Waals surface area (Å²) in [5.41, 5.74) is 9.30. The van der Waals surface area contributed by atoms with Gasteiger partial charge in [-0.3, -0.25) is 4.98 Å². The van der Waals surface area contributed by atoms with E-state index >= 15 is 0 Å². The van der Waals surface area contributed by atoms with Crippen molar-refractivity contribution in [3.8, 4) is 0 Å². The second-order valence-electron chi connectivity index (χ2n) is 3.71. The lowest BCUT2D eigenvalue weighted by molar-refractivity contribution is 0.776. The van der Waals surface area contributed by atoms with Crippen molar-refractivity contribution in [2.75, 3.05) is 5.73 Å². The zero-order chi connectivity index (χ0) is 10.7. The summed E-state index contributed by atoms with van der Waals surface area (Å²) < 4.78 is 0. The van der Waals surface area contributed by atoms with Crippen LogP contribution in [0.1, 0.15) is 25.5 Å². The van der Waals surface area contributed by atoms with E-state index in [4.69, 9.17) is 5.73 Å². The van der Waals surface area contributed by atoms with Gasteiger partial charge in [0, 0.05) is 11.9 Å². The van der Waals surface area contributed by atoms with E-state index in [1.165, 1.54) is 6.42 Å².